The maximum Gasteiger partial charge on any atom is 0.332 e. The molecule has 0 amide bonds. The number of nitrogens with one attached hydrogen (secondary N) is 1. The van der Waals surface area contributed by atoms with Crippen LogP contribution in [0, 0.1) is 0 Å². The Hall–Kier alpha value is -2.17. The standard InChI is InChI=1S/C17H23NO4/c1-5-12-7-11-8-15(20-3)16(21-4)9-13(11)14(18-12)10-17(19)22-6-2/h8-10,12,18H,5-7H2,1-4H3/t12-/m0/s1. The van der Waals surface area contributed by atoms with E-state index < -0.39 is 0 Å². The zero-order valence-corrected chi connectivity index (χ0v) is 13.6. The van der Waals surface area contributed by atoms with Crippen LogP contribution < -0.4 is 14.8 Å². The zero-order chi connectivity index (χ0) is 16.1. The van der Waals surface area contributed by atoms with Crippen molar-refractivity contribution in [3.05, 3.63) is 29.3 Å². The highest BCUT2D eigenvalue weighted by atomic mass is 16.5. The minimum Gasteiger partial charge on any atom is -0.493 e. The molecule has 0 saturated heterocycles. The minimum absolute atomic E-state index is 0.284. The fraction of sp³-hybridized carbons (Fsp3) is 0.471. The molecule has 0 saturated carbocycles. The van der Waals surface area contributed by atoms with E-state index in [0.717, 1.165) is 29.7 Å². The summed E-state index contributed by atoms with van der Waals surface area (Å²) in [6.45, 7) is 4.27. The molecule has 0 spiro atoms. The molecule has 1 N–H and O–H groups in total. The van der Waals surface area contributed by atoms with Crippen LogP contribution in [-0.4, -0.2) is 32.8 Å². The molecular formula is C17H23NO4. The lowest BCUT2D eigenvalue weighted by atomic mass is 9.91. The second-order valence-corrected chi connectivity index (χ2v) is 5.13. The van der Waals surface area contributed by atoms with E-state index in [-0.39, 0.29) is 12.0 Å². The van der Waals surface area contributed by atoms with E-state index in [2.05, 4.69) is 12.2 Å². The third kappa shape index (κ3) is 3.35. The van der Waals surface area contributed by atoms with Crippen LogP contribution in [0.1, 0.15) is 31.4 Å². The van der Waals surface area contributed by atoms with Crippen molar-refractivity contribution < 1.29 is 19.0 Å². The van der Waals surface area contributed by atoms with Gasteiger partial charge in [-0.1, -0.05) is 6.92 Å². The average molecular weight is 305 g/mol. The van der Waals surface area contributed by atoms with E-state index in [4.69, 9.17) is 14.2 Å². The zero-order valence-electron chi connectivity index (χ0n) is 13.6. The van der Waals surface area contributed by atoms with Crippen molar-refractivity contribution in [3.8, 4) is 11.5 Å². The maximum absolute atomic E-state index is 11.8. The average Bonchev–Trinajstić information content (AvgIpc) is 2.53. The second-order valence-electron chi connectivity index (χ2n) is 5.13. The second kappa shape index (κ2) is 7.20. The Kier molecular flexibility index (Phi) is 5.31. The number of carbonyl (C=O) groups is 1. The van der Waals surface area contributed by atoms with Gasteiger partial charge in [0.15, 0.2) is 11.5 Å². The van der Waals surface area contributed by atoms with Gasteiger partial charge >= 0.3 is 5.97 Å². The first-order chi connectivity index (χ1) is 10.6. The van der Waals surface area contributed by atoms with E-state index in [1.807, 2.05) is 12.1 Å². The topological polar surface area (TPSA) is 56.8 Å². The van der Waals surface area contributed by atoms with Crippen LogP contribution in [-0.2, 0) is 16.0 Å². The number of hydrogen-bond donors (Lipinski definition) is 1. The van der Waals surface area contributed by atoms with Crippen LogP contribution >= 0.6 is 0 Å². The van der Waals surface area contributed by atoms with Gasteiger partial charge in [0.1, 0.15) is 0 Å². The van der Waals surface area contributed by atoms with Crippen molar-refractivity contribution in [2.24, 2.45) is 0 Å². The number of benzene rings is 1. The molecule has 0 aromatic heterocycles. The molecule has 0 fully saturated rings. The van der Waals surface area contributed by atoms with Gasteiger partial charge in [0.25, 0.3) is 0 Å². The van der Waals surface area contributed by atoms with Gasteiger partial charge in [0.05, 0.1) is 20.8 Å². The van der Waals surface area contributed by atoms with Gasteiger partial charge < -0.3 is 19.5 Å². The van der Waals surface area contributed by atoms with E-state index >= 15 is 0 Å². The fourth-order valence-electron chi connectivity index (χ4n) is 2.62. The number of carbonyl (C=O) groups excluding carboxylic acids is 1. The Morgan fingerprint density at radius 1 is 1.27 bits per heavy atom. The summed E-state index contributed by atoms with van der Waals surface area (Å²) >= 11 is 0. The third-order valence-electron chi connectivity index (χ3n) is 3.77. The molecule has 1 aromatic carbocycles. The first-order valence-electron chi connectivity index (χ1n) is 7.53. The van der Waals surface area contributed by atoms with Crippen LogP contribution in [0.3, 0.4) is 0 Å². The quantitative estimate of drug-likeness (QED) is 0.669. The molecule has 5 nitrogen and oxygen atoms in total. The van der Waals surface area contributed by atoms with Crippen LogP contribution in [0.5, 0.6) is 11.5 Å². The molecule has 0 bridgehead atoms. The van der Waals surface area contributed by atoms with Crippen molar-refractivity contribution in [1.82, 2.24) is 5.32 Å². The van der Waals surface area contributed by atoms with Gasteiger partial charge in [0.2, 0.25) is 0 Å². The first kappa shape index (κ1) is 16.2. The summed E-state index contributed by atoms with van der Waals surface area (Å²) in [5.74, 6) is 1.00. The summed E-state index contributed by atoms with van der Waals surface area (Å²) in [4.78, 5) is 11.8. The van der Waals surface area contributed by atoms with Crippen molar-refractivity contribution >= 4 is 11.7 Å². The van der Waals surface area contributed by atoms with E-state index in [1.165, 1.54) is 6.08 Å². The number of rotatable bonds is 5. The van der Waals surface area contributed by atoms with Crippen LogP contribution in [0.25, 0.3) is 5.70 Å². The van der Waals surface area contributed by atoms with E-state index in [0.29, 0.717) is 18.1 Å². The van der Waals surface area contributed by atoms with Crippen LogP contribution in [0.4, 0.5) is 0 Å². The molecule has 0 unspecified atom stereocenters. The normalized spacial score (nSPS) is 18.4. The number of ether oxygens (including phenoxy) is 3. The summed E-state index contributed by atoms with van der Waals surface area (Å²) in [7, 11) is 3.22. The molecule has 120 valence electrons. The van der Waals surface area contributed by atoms with Gasteiger partial charge in [-0.25, -0.2) is 4.79 Å². The fourth-order valence-corrected chi connectivity index (χ4v) is 2.62. The van der Waals surface area contributed by atoms with Gasteiger partial charge in [-0.15, -0.1) is 0 Å². The highest BCUT2D eigenvalue weighted by Gasteiger charge is 2.24. The number of fused-ring (bicyclic) bond motifs is 1. The Balaban J connectivity index is 2.48. The lowest BCUT2D eigenvalue weighted by Crippen LogP contribution is -2.34. The van der Waals surface area contributed by atoms with Crippen molar-refractivity contribution in [2.75, 3.05) is 20.8 Å². The summed E-state index contributed by atoms with van der Waals surface area (Å²) in [5.41, 5.74) is 2.86. The Morgan fingerprint density at radius 2 is 1.95 bits per heavy atom. The summed E-state index contributed by atoms with van der Waals surface area (Å²) in [5, 5.41) is 3.40. The number of esters is 1. The molecule has 2 rings (SSSR count). The molecule has 1 aliphatic heterocycles. The largest absolute Gasteiger partial charge is 0.493 e. The smallest absolute Gasteiger partial charge is 0.332 e. The van der Waals surface area contributed by atoms with Gasteiger partial charge in [0, 0.05) is 23.4 Å². The summed E-state index contributed by atoms with van der Waals surface area (Å²) in [6.07, 6.45) is 3.36. The third-order valence-corrected chi connectivity index (χ3v) is 3.77. The SMILES string of the molecule is CCOC(=O)C=C1N[C@@H](CC)Cc2cc(OC)c(OC)cc21. The molecular weight excluding hydrogens is 282 g/mol. The lowest BCUT2D eigenvalue weighted by Gasteiger charge is -2.29. The van der Waals surface area contributed by atoms with Gasteiger partial charge in [-0.05, 0) is 37.5 Å². The van der Waals surface area contributed by atoms with E-state index in [1.54, 1.807) is 21.1 Å². The number of hydrogen-bond acceptors (Lipinski definition) is 5. The molecule has 0 radical (unpaired) electrons. The number of methoxy groups -OCH3 is 2. The highest BCUT2D eigenvalue weighted by Crippen LogP contribution is 2.36. The molecule has 22 heavy (non-hydrogen) atoms. The van der Waals surface area contributed by atoms with Crippen molar-refractivity contribution in [3.63, 3.8) is 0 Å². The van der Waals surface area contributed by atoms with E-state index in [9.17, 15) is 4.79 Å². The summed E-state index contributed by atoms with van der Waals surface area (Å²) in [6, 6.07) is 4.17. The van der Waals surface area contributed by atoms with Crippen LogP contribution in [0.2, 0.25) is 0 Å². The summed E-state index contributed by atoms with van der Waals surface area (Å²) < 4.78 is 15.7. The molecule has 1 aromatic rings. The molecule has 1 atom stereocenters. The molecule has 0 aliphatic carbocycles. The van der Waals surface area contributed by atoms with Crippen LogP contribution in [0.15, 0.2) is 18.2 Å². The Labute approximate surface area is 131 Å². The Morgan fingerprint density at radius 3 is 2.55 bits per heavy atom. The lowest BCUT2D eigenvalue weighted by molar-refractivity contribution is -0.137. The molecule has 1 aliphatic rings. The minimum atomic E-state index is -0.345. The van der Waals surface area contributed by atoms with Gasteiger partial charge in [-0.3, -0.25) is 0 Å². The first-order valence-corrected chi connectivity index (χ1v) is 7.53. The highest BCUT2D eigenvalue weighted by molar-refractivity contribution is 5.92. The van der Waals surface area contributed by atoms with Crippen molar-refractivity contribution in [2.45, 2.75) is 32.7 Å². The maximum atomic E-state index is 11.8. The molecule has 5 heteroatoms. The van der Waals surface area contributed by atoms with Crippen molar-refractivity contribution in [1.29, 1.82) is 0 Å². The Bertz CT molecular complexity index is 580. The predicted molar refractivity (Wildman–Crippen MR) is 85.1 cm³/mol. The monoisotopic (exact) mass is 305 g/mol. The predicted octanol–water partition coefficient (Wildman–Crippen LogP) is 2.53. The molecule has 1 heterocycles. The van der Waals surface area contributed by atoms with Gasteiger partial charge in [-0.2, -0.15) is 0 Å².